The molecule has 0 amide bonds. The quantitative estimate of drug-likeness (QED) is 0.843. The number of fused-ring (bicyclic) bond motifs is 4. The van der Waals surface area contributed by atoms with Gasteiger partial charge < -0.3 is 19.6 Å². The number of piperidine rings is 1. The van der Waals surface area contributed by atoms with Crippen LogP contribution in [0.2, 0.25) is 0 Å². The average molecular weight is 387 g/mol. The normalized spacial score (nSPS) is 22.3. The molecule has 0 aliphatic carbocycles. The number of pyridine rings is 1. The molecule has 4 rings (SSSR count). The summed E-state index contributed by atoms with van der Waals surface area (Å²) < 4.78 is 3.81. The van der Waals surface area contributed by atoms with Gasteiger partial charge in [-0.2, -0.15) is 0 Å². The van der Waals surface area contributed by atoms with E-state index >= 15 is 0 Å². The molecule has 0 saturated carbocycles. The van der Waals surface area contributed by atoms with Gasteiger partial charge in [-0.1, -0.05) is 0 Å². The van der Waals surface area contributed by atoms with Gasteiger partial charge in [-0.3, -0.25) is 4.79 Å². The van der Waals surface area contributed by atoms with Gasteiger partial charge in [0.25, 0.3) is 5.56 Å². The van der Waals surface area contributed by atoms with Crippen molar-refractivity contribution in [3.63, 3.8) is 0 Å². The van der Waals surface area contributed by atoms with E-state index in [0.29, 0.717) is 23.2 Å². The Morgan fingerprint density at radius 1 is 1.36 bits per heavy atom. The summed E-state index contributed by atoms with van der Waals surface area (Å²) in [5, 5.41) is 12.9. The van der Waals surface area contributed by atoms with Crippen molar-refractivity contribution in [2.45, 2.75) is 31.8 Å². The highest BCUT2D eigenvalue weighted by molar-refractivity contribution is 5.85. The Morgan fingerprint density at radius 3 is 2.92 bits per heavy atom. The lowest BCUT2D eigenvalue weighted by molar-refractivity contribution is 0.239. The molecule has 4 heterocycles. The fraction of sp³-hybridized carbons (Fsp3) is 0.529. The van der Waals surface area contributed by atoms with Crippen LogP contribution >= 0.6 is 24.8 Å². The number of nitrogens with one attached hydrogen (secondary N) is 1. The van der Waals surface area contributed by atoms with Gasteiger partial charge in [0.2, 0.25) is 0 Å². The molecule has 2 aromatic rings. The van der Waals surface area contributed by atoms with E-state index in [1.165, 1.54) is 6.42 Å². The smallest absolute Gasteiger partial charge is 0.261 e. The molecule has 8 heteroatoms. The number of aliphatic hydroxyl groups excluding tert-OH is 1. The monoisotopic (exact) mass is 386 g/mol. The number of hydrogen-bond acceptors (Lipinski definition) is 4. The van der Waals surface area contributed by atoms with Crippen LogP contribution in [0.1, 0.15) is 31.0 Å². The van der Waals surface area contributed by atoms with Crippen LogP contribution in [0, 0.1) is 5.92 Å². The van der Waals surface area contributed by atoms with Gasteiger partial charge in [-0.05, 0) is 37.9 Å². The van der Waals surface area contributed by atoms with E-state index in [4.69, 9.17) is 0 Å². The molecule has 3 atom stereocenters. The van der Waals surface area contributed by atoms with Gasteiger partial charge in [-0.25, -0.2) is 4.98 Å². The molecule has 6 nitrogen and oxygen atoms in total. The molecule has 1 saturated heterocycles. The van der Waals surface area contributed by atoms with Crippen LogP contribution in [-0.2, 0) is 6.54 Å². The highest BCUT2D eigenvalue weighted by Gasteiger charge is 2.31. The summed E-state index contributed by atoms with van der Waals surface area (Å²) in [5.41, 5.74) is 1.79. The van der Waals surface area contributed by atoms with Crippen LogP contribution < -0.4 is 10.9 Å². The first-order valence-corrected chi connectivity index (χ1v) is 8.27. The third kappa shape index (κ3) is 3.36. The molecule has 1 fully saturated rings. The molecule has 0 unspecified atom stereocenters. The van der Waals surface area contributed by atoms with E-state index in [1.807, 2.05) is 28.3 Å². The number of aliphatic hydroxyl groups is 1. The van der Waals surface area contributed by atoms with Gasteiger partial charge in [0, 0.05) is 37.1 Å². The second-order valence-corrected chi connectivity index (χ2v) is 6.73. The lowest BCUT2D eigenvalue weighted by Crippen LogP contribution is -2.45. The van der Waals surface area contributed by atoms with Gasteiger partial charge in [0.1, 0.15) is 5.82 Å². The number of halogens is 2. The molecular formula is C17H24Cl2N4O2. The van der Waals surface area contributed by atoms with Crippen molar-refractivity contribution >= 4 is 24.8 Å². The summed E-state index contributed by atoms with van der Waals surface area (Å²) in [6.45, 7) is 4.65. The summed E-state index contributed by atoms with van der Waals surface area (Å²) in [5.74, 6) is 1.60. The number of nitrogens with zero attached hydrogens (tertiary/aromatic N) is 3. The second kappa shape index (κ2) is 7.91. The first kappa shape index (κ1) is 20.0. The van der Waals surface area contributed by atoms with Crippen LogP contribution in [0.4, 0.5) is 0 Å². The minimum absolute atomic E-state index is 0. The molecule has 2 aliphatic heterocycles. The Labute approximate surface area is 159 Å². The molecule has 2 aromatic heterocycles. The highest BCUT2D eigenvalue weighted by Crippen LogP contribution is 2.32. The molecule has 25 heavy (non-hydrogen) atoms. The lowest BCUT2D eigenvalue weighted by atomic mass is 9.84. The first-order chi connectivity index (χ1) is 11.2. The molecule has 2 aliphatic rings. The maximum Gasteiger partial charge on any atom is 0.261 e. The molecule has 0 radical (unpaired) electrons. The standard InChI is InChI=1S/C17H22N4O2.2ClH/c1-11(10-22)20-5-4-19-16(20)14-2-3-15-13-6-12(7-18-8-13)9-21(15)17(14)23;;/h2-5,11-13,18,22H,6-10H2,1H3;2*1H/t11-,12+,13-;;/m1../s1. The molecule has 2 bridgehead atoms. The Kier molecular flexibility index (Phi) is 6.32. The zero-order valence-corrected chi connectivity index (χ0v) is 15.7. The highest BCUT2D eigenvalue weighted by atomic mass is 35.5. The fourth-order valence-electron chi connectivity index (χ4n) is 3.93. The molecule has 2 N–H and O–H groups in total. The SMILES string of the molecule is C[C@H](CO)n1ccnc1-c1ccc2n(c1=O)C[C@@H]1CNC[C@H]2C1.Cl.Cl. The molecule has 0 aromatic carbocycles. The van der Waals surface area contributed by atoms with Crippen molar-refractivity contribution in [1.29, 1.82) is 0 Å². The summed E-state index contributed by atoms with van der Waals surface area (Å²) in [4.78, 5) is 17.4. The maximum atomic E-state index is 13.0. The molecule has 138 valence electrons. The van der Waals surface area contributed by atoms with Crippen LogP contribution in [0.3, 0.4) is 0 Å². The zero-order valence-electron chi connectivity index (χ0n) is 14.1. The van der Waals surface area contributed by atoms with Crippen LogP contribution in [0.15, 0.2) is 29.3 Å². The Morgan fingerprint density at radius 2 is 2.16 bits per heavy atom. The molecule has 0 spiro atoms. The van der Waals surface area contributed by atoms with E-state index in [-0.39, 0.29) is 43.0 Å². The van der Waals surface area contributed by atoms with Gasteiger partial charge in [0.05, 0.1) is 18.2 Å². The van der Waals surface area contributed by atoms with E-state index < -0.39 is 0 Å². The van der Waals surface area contributed by atoms with Crippen molar-refractivity contribution in [1.82, 2.24) is 19.4 Å². The largest absolute Gasteiger partial charge is 0.394 e. The zero-order chi connectivity index (χ0) is 16.0. The first-order valence-electron chi connectivity index (χ1n) is 8.27. The minimum atomic E-state index is -0.100. The van der Waals surface area contributed by atoms with E-state index in [2.05, 4.69) is 16.4 Å². The van der Waals surface area contributed by atoms with Crippen molar-refractivity contribution < 1.29 is 5.11 Å². The van der Waals surface area contributed by atoms with Gasteiger partial charge >= 0.3 is 0 Å². The van der Waals surface area contributed by atoms with Crippen molar-refractivity contribution in [2.75, 3.05) is 19.7 Å². The van der Waals surface area contributed by atoms with Gasteiger partial charge in [0.15, 0.2) is 0 Å². The fourth-order valence-corrected chi connectivity index (χ4v) is 3.93. The third-order valence-corrected chi connectivity index (χ3v) is 5.16. The Hall–Kier alpha value is -1.34. The van der Waals surface area contributed by atoms with Crippen LogP contribution in [-0.4, -0.2) is 38.9 Å². The molecular weight excluding hydrogens is 363 g/mol. The summed E-state index contributed by atoms with van der Waals surface area (Å²) >= 11 is 0. The van der Waals surface area contributed by atoms with Crippen LogP contribution in [0.5, 0.6) is 0 Å². The van der Waals surface area contributed by atoms with Crippen molar-refractivity contribution in [2.24, 2.45) is 5.92 Å². The maximum absolute atomic E-state index is 13.0. The Balaban J connectivity index is 0.00000113. The Bertz CT molecular complexity index is 789. The summed E-state index contributed by atoms with van der Waals surface area (Å²) in [6, 6.07) is 3.87. The van der Waals surface area contributed by atoms with Crippen molar-refractivity contribution in [3.8, 4) is 11.4 Å². The number of aromatic nitrogens is 3. The van der Waals surface area contributed by atoms with Crippen LogP contribution in [0.25, 0.3) is 11.4 Å². The third-order valence-electron chi connectivity index (χ3n) is 5.16. The summed E-state index contributed by atoms with van der Waals surface area (Å²) in [6.07, 6.45) is 4.67. The number of imidazole rings is 1. The lowest BCUT2D eigenvalue weighted by Gasteiger charge is -2.37. The number of hydrogen-bond donors (Lipinski definition) is 2. The topological polar surface area (TPSA) is 72.1 Å². The van der Waals surface area contributed by atoms with E-state index in [9.17, 15) is 9.90 Å². The van der Waals surface area contributed by atoms with Crippen molar-refractivity contribution in [3.05, 3.63) is 40.6 Å². The van der Waals surface area contributed by atoms with Gasteiger partial charge in [-0.15, -0.1) is 24.8 Å². The summed E-state index contributed by atoms with van der Waals surface area (Å²) in [7, 11) is 0. The second-order valence-electron chi connectivity index (χ2n) is 6.73. The predicted octanol–water partition coefficient (Wildman–Crippen LogP) is 1.82. The minimum Gasteiger partial charge on any atom is -0.394 e. The van der Waals surface area contributed by atoms with E-state index in [0.717, 1.165) is 25.3 Å². The van der Waals surface area contributed by atoms with E-state index in [1.54, 1.807) is 6.20 Å². The number of rotatable bonds is 3. The average Bonchev–Trinajstić information content (AvgIpc) is 3.05. The predicted molar refractivity (Wildman–Crippen MR) is 102 cm³/mol.